The van der Waals surface area contributed by atoms with E-state index in [1.54, 1.807) is 0 Å². The quantitative estimate of drug-likeness (QED) is 0.593. The van der Waals surface area contributed by atoms with E-state index in [4.69, 9.17) is 14.2 Å². The molecular weight excluding hydrogens is 356 g/mol. The molecule has 3 atom stereocenters. The molecule has 0 aromatic heterocycles. The molecule has 1 aromatic carbocycles. The van der Waals surface area contributed by atoms with E-state index in [0.717, 1.165) is 36.3 Å². The van der Waals surface area contributed by atoms with Gasteiger partial charge in [0, 0.05) is 11.2 Å². The van der Waals surface area contributed by atoms with Crippen molar-refractivity contribution in [3.8, 4) is 11.5 Å². The standard InChI is InChI=1S/C19H27BrO3/c1-3-8-21-17-10-14-13-6-5-7-16(13)23-19(12-20)15(14)11-18(17)22-9-4-2/h10-11,13,16,19H,3-9,12H2,1-2H3. The van der Waals surface area contributed by atoms with Crippen LogP contribution in [0.4, 0.5) is 0 Å². The van der Waals surface area contributed by atoms with Crippen LogP contribution in [0, 0.1) is 0 Å². The smallest absolute Gasteiger partial charge is 0.161 e. The topological polar surface area (TPSA) is 27.7 Å². The fraction of sp³-hybridized carbons (Fsp3) is 0.684. The first-order valence-electron chi connectivity index (χ1n) is 8.93. The van der Waals surface area contributed by atoms with Crippen molar-refractivity contribution in [1.82, 2.24) is 0 Å². The Morgan fingerprint density at radius 1 is 1.04 bits per heavy atom. The second-order valence-electron chi connectivity index (χ2n) is 6.48. The maximum Gasteiger partial charge on any atom is 0.161 e. The van der Waals surface area contributed by atoms with Gasteiger partial charge < -0.3 is 14.2 Å². The summed E-state index contributed by atoms with van der Waals surface area (Å²) < 4.78 is 18.3. The Kier molecular flexibility index (Phi) is 5.86. The number of rotatable bonds is 7. The summed E-state index contributed by atoms with van der Waals surface area (Å²) in [5, 5.41) is 0.825. The summed E-state index contributed by atoms with van der Waals surface area (Å²) in [5.41, 5.74) is 2.69. The number of benzene rings is 1. The van der Waals surface area contributed by atoms with Crippen LogP contribution in [0.15, 0.2) is 12.1 Å². The van der Waals surface area contributed by atoms with Crippen molar-refractivity contribution in [2.75, 3.05) is 18.5 Å². The molecule has 23 heavy (non-hydrogen) atoms. The van der Waals surface area contributed by atoms with Gasteiger partial charge in [-0.3, -0.25) is 0 Å². The third-order valence-electron chi connectivity index (χ3n) is 4.75. The summed E-state index contributed by atoms with van der Waals surface area (Å²) in [4.78, 5) is 0. The Morgan fingerprint density at radius 3 is 2.30 bits per heavy atom. The van der Waals surface area contributed by atoms with Crippen molar-refractivity contribution < 1.29 is 14.2 Å². The summed E-state index contributed by atoms with van der Waals surface area (Å²) in [7, 11) is 0. The van der Waals surface area contributed by atoms with Crippen LogP contribution in [0.3, 0.4) is 0 Å². The largest absolute Gasteiger partial charge is 0.490 e. The van der Waals surface area contributed by atoms with Crippen LogP contribution in [-0.2, 0) is 4.74 Å². The highest BCUT2D eigenvalue weighted by Crippen LogP contribution is 2.49. The summed E-state index contributed by atoms with van der Waals surface area (Å²) in [6.45, 7) is 5.70. The molecule has 3 rings (SSSR count). The highest BCUT2D eigenvalue weighted by atomic mass is 79.9. The first-order chi connectivity index (χ1) is 11.3. The molecule has 4 heteroatoms. The van der Waals surface area contributed by atoms with E-state index in [1.807, 2.05) is 0 Å². The lowest BCUT2D eigenvalue weighted by molar-refractivity contribution is -0.0189. The average molecular weight is 383 g/mol. The lowest BCUT2D eigenvalue weighted by Gasteiger charge is -2.35. The van der Waals surface area contributed by atoms with E-state index in [0.29, 0.717) is 18.6 Å². The van der Waals surface area contributed by atoms with Crippen molar-refractivity contribution >= 4 is 15.9 Å². The molecule has 0 amide bonds. The predicted octanol–water partition coefficient (Wildman–Crippen LogP) is 5.37. The summed E-state index contributed by atoms with van der Waals surface area (Å²) in [6, 6.07) is 4.40. The van der Waals surface area contributed by atoms with Crippen molar-refractivity contribution in [2.24, 2.45) is 0 Å². The molecule has 0 spiro atoms. The molecule has 0 bridgehead atoms. The van der Waals surface area contributed by atoms with Crippen LogP contribution >= 0.6 is 15.9 Å². The lowest BCUT2D eigenvalue weighted by atomic mass is 9.86. The second kappa shape index (κ2) is 7.89. The summed E-state index contributed by atoms with van der Waals surface area (Å²) in [5.74, 6) is 2.29. The Hall–Kier alpha value is -0.740. The minimum Gasteiger partial charge on any atom is -0.490 e. The minimum absolute atomic E-state index is 0.119. The van der Waals surface area contributed by atoms with Gasteiger partial charge in [0.1, 0.15) is 0 Å². The first kappa shape index (κ1) is 17.1. The number of ether oxygens (including phenoxy) is 3. The molecule has 0 N–H and O–H groups in total. The van der Waals surface area contributed by atoms with E-state index in [2.05, 4.69) is 41.9 Å². The molecule has 1 fully saturated rings. The van der Waals surface area contributed by atoms with Gasteiger partial charge in [-0.1, -0.05) is 36.2 Å². The molecule has 128 valence electrons. The van der Waals surface area contributed by atoms with E-state index in [9.17, 15) is 0 Å². The SMILES string of the molecule is CCCOc1cc2c(cc1OCCC)C1CCCC1OC2CBr. The first-order valence-corrected chi connectivity index (χ1v) is 10.1. The fourth-order valence-corrected chi connectivity index (χ4v) is 4.19. The highest BCUT2D eigenvalue weighted by molar-refractivity contribution is 9.09. The van der Waals surface area contributed by atoms with Gasteiger partial charge in [0.15, 0.2) is 11.5 Å². The fourth-order valence-electron chi connectivity index (χ4n) is 3.69. The number of hydrogen-bond acceptors (Lipinski definition) is 3. The van der Waals surface area contributed by atoms with Gasteiger partial charge >= 0.3 is 0 Å². The van der Waals surface area contributed by atoms with Crippen molar-refractivity contribution in [1.29, 1.82) is 0 Å². The Bertz CT molecular complexity index is 532. The maximum absolute atomic E-state index is 6.32. The maximum atomic E-state index is 6.32. The van der Waals surface area contributed by atoms with Crippen LogP contribution in [-0.4, -0.2) is 24.6 Å². The van der Waals surface area contributed by atoms with E-state index in [1.165, 1.54) is 30.4 Å². The number of halogens is 1. The van der Waals surface area contributed by atoms with Crippen LogP contribution in [0.5, 0.6) is 11.5 Å². The van der Waals surface area contributed by atoms with E-state index >= 15 is 0 Å². The zero-order valence-corrected chi connectivity index (χ0v) is 15.7. The van der Waals surface area contributed by atoms with E-state index < -0.39 is 0 Å². The predicted molar refractivity (Wildman–Crippen MR) is 96.0 cm³/mol. The van der Waals surface area contributed by atoms with Crippen molar-refractivity contribution in [3.05, 3.63) is 23.3 Å². The normalized spacial score (nSPS) is 25.8. The molecule has 2 aliphatic rings. The third kappa shape index (κ3) is 3.53. The van der Waals surface area contributed by atoms with Gasteiger partial charge in [0.05, 0.1) is 25.4 Å². The van der Waals surface area contributed by atoms with Gasteiger partial charge in [0.25, 0.3) is 0 Å². The molecule has 3 unspecified atom stereocenters. The minimum atomic E-state index is 0.119. The average Bonchev–Trinajstić information content (AvgIpc) is 3.05. The monoisotopic (exact) mass is 382 g/mol. The molecule has 1 heterocycles. The van der Waals surface area contributed by atoms with Gasteiger partial charge in [-0.25, -0.2) is 0 Å². The van der Waals surface area contributed by atoms with Crippen LogP contribution in [0.25, 0.3) is 0 Å². The number of hydrogen-bond donors (Lipinski definition) is 0. The zero-order chi connectivity index (χ0) is 16.2. The van der Waals surface area contributed by atoms with Crippen LogP contribution in [0.2, 0.25) is 0 Å². The van der Waals surface area contributed by atoms with Gasteiger partial charge in [-0.15, -0.1) is 0 Å². The molecule has 1 aliphatic carbocycles. The Labute approximate surface area is 147 Å². The molecule has 3 nitrogen and oxygen atoms in total. The highest BCUT2D eigenvalue weighted by Gasteiger charge is 2.39. The molecule has 0 saturated heterocycles. The number of alkyl halides is 1. The van der Waals surface area contributed by atoms with Crippen molar-refractivity contribution in [3.63, 3.8) is 0 Å². The molecule has 1 saturated carbocycles. The second-order valence-corrected chi connectivity index (χ2v) is 7.13. The Morgan fingerprint density at radius 2 is 1.70 bits per heavy atom. The van der Waals surface area contributed by atoms with E-state index in [-0.39, 0.29) is 6.10 Å². The Balaban J connectivity index is 1.98. The number of fused-ring (bicyclic) bond motifs is 3. The molecule has 0 radical (unpaired) electrons. The van der Waals surface area contributed by atoms with Crippen LogP contribution in [0.1, 0.15) is 69.1 Å². The van der Waals surface area contributed by atoms with Gasteiger partial charge in [-0.2, -0.15) is 0 Å². The van der Waals surface area contributed by atoms with Gasteiger partial charge in [0.2, 0.25) is 0 Å². The summed E-state index contributed by atoms with van der Waals surface area (Å²) in [6.07, 6.45) is 6.13. The molecule has 1 aliphatic heterocycles. The molecular formula is C19H27BrO3. The van der Waals surface area contributed by atoms with Crippen molar-refractivity contribution in [2.45, 2.75) is 64.1 Å². The van der Waals surface area contributed by atoms with Gasteiger partial charge in [-0.05, 0) is 48.9 Å². The molecule has 1 aromatic rings. The summed E-state index contributed by atoms with van der Waals surface area (Å²) >= 11 is 3.62. The lowest BCUT2D eigenvalue weighted by Crippen LogP contribution is -2.28. The zero-order valence-electron chi connectivity index (χ0n) is 14.1. The van der Waals surface area contributed by atoms with Crippen LogP contribution < -0.4 is 9.47 Å². The third-order valence-corrected chi connectivity index (χ3v) is 5.34.